The number of carbonyl (C=O) groups excluding carboxylic acids is 1. The van der Waals surface area contributed by atoms with Crippen LogP contribution in [-0.4, -0.2) is 23.5 Å². The summed E-state index contributed by atoms with van der Waals surface area (Å²) in [5.41, 5.74) is 0.930. The topological polar surface area (TPSA) is 54.0 Å². The Kier molecular flexibility index (Phi) is 6.67. The first-order valence-electron chi connectivity index (χ1n) is 9.57. The third-order valence-electron chi connectivity index (χ3n) is 5.51. The van der Waals surface area contributed by atoms with E-state index in [0.717, 1.165) is 37.6 Å². The first-order valence-corrected chi connectivity index (χ1v) is 9.95. The molecule has 0 unspecified atom stereocenters. The van der Waals surface area contributed by atoms with Gasteiger partial charge in [-0.15, -0.1) is 0 Å². The van der Waals surface area contributed by atoms with E-state index < -0.39 is 39.5 Å². The van der Waals surface area contributed by atoms with Crippen LogP contribution < -0.4 is 10.6 Å². The molecule has 1 fully saturated rings. The molecule has 0 radical (unpaired) electrons. The number of aromatic nitrogens is 1. The standard InChI is InChI=1S/C21H23ClF3N3O/c1-11-7-8-26-10-15(11)27-9-13-3-5-14(6-4-13)28-21(29)16-17(22)20(25)19(24)12(2)18(16)23/h7-8,10,13-14,27H,3-6,9H2,1-2H3,(H,28,29). The van der Waals surface area contributed by atoms with Gasteiger partial charge in [0.25, 0.3) is 5.91 Å². The molecule has 0 spiro atoms. The zero-order chi connectivity index (χ0) is 21.1. The Bertz CT molecular complexity index is 885. The Balaban J connectivity index is 1.56. The van der Waals surface area contributed by atoms with E-state index in [0.29, 0.717) is 18.8 Å². The van der Waals surface area contributed by atoms with Crippen molar-refractivity contribution in [2.75, 3.05) is 11.9 Å². The molecule has 0 aliphatic heterocycles. The van der Waals surface area contributed by atoms with E-state index in [9.17, 15) is 18.0 Å². The van der Waals surface area contributed by atoms with Crippen molar-refractivity contribution in [1.82, 2.24) is 10.3 Å². The lowest BCUT2D eigenvalue weighted by molar-refractivity contribution is 0.0918. The molecule has 1 aromatic carbocycles. The lowest BCUT2D eigenvalue weighted by atomic mass is 9.85. The fourth-order valence-electron chi connectivity index (χ4n) is 3.62. The molecule has 0 saturated heterocycles. The fraction of sp³-hybridized carbons (Fsp3) is 0.429. The second-order valence-electron chi connectivity index (χ2n) is 7.52. The summed E-state index contributed by atoms with van der Waals surface area (Å²) in [6, 6.07) is 1.78. The van der Waals surface area contributed by atoms with E-state index in [1.54, 1.807) is 12.4 Å². The van der Waals surface area contributed by atoms with E-state index in [2.05, 4.69) is 15.6 Å². The molecule has 4 nitrogen and oxygen atoms in total. The number of hydrogen-bond donors (Lipinski definition) is 2. The summed E-state index contributed by atoms with van der Waals surface area (Å²) >= 11 is 5.69. The van der Waals surface area contributed by atoms with E-state index in [1.165, 1.54) is 0 Å². The molecule has 1 aliphatic rings. The number of aryl methyl sites for hydroxylation is 1. The Morgan fingerprint density at radius 1 is 1.14 bits per heavy atom. The summed E-state index contributed by atoms with van der Waals surface area (Å²) in [5.74, 6) is -4.29. The van der Waals surface area contributed by atoms with Gasteiger partial charge in [0.2, 0.25) is 0 Å². The number of pyridine rings is 1. The Hall–Kier alpha value is -2.28. The van der Waals surface area contributed by atoms with Crippen LogP contribution in [0.5, 0.6) is 0 Å². The highest BCUT2D eigenvalue weighted by Gasteiger charge is 2.29. The minimum absolute atomic E-state index is 0.164. The Morgan fingerprint density at radius 2 is 1.83 bits per heavy atom. The lowest BCUT2D eigenvalue weighted by Crippen LogP contribution is -2.39. The highest BCUT2D eigenvalue weighted by atomic mass is 35.5. The molecular formula is C21H23ClF3N3O. The number of benzene rings is 1. The van der Waals surface area contributed by atoms with Gasteiger partial charge in [0.05, 0.1) is 22.5 Å². The van der Waals surface area contributed by atoms with Gasteiger partial charge in [0.15, 0.2) is 11.6 Å². The SMILES string of the molecule is Cc1ccncc1NCC1CCC(NC(=O)c2c(F)c(C)c(F)c(F)c2Cl)CC1. The third-order valence-corrected chi connectivity index (χ3v) is 5.87. The van der Waals surface area contributed by atoms with Crippen molar-refractivity contribution in [3.63, 3.8) is 0 Å². The summed E-state index contributed by atoms with van der Waals surface area (Å²) < 4.78 is 41.7. The van der Waals surface area contributed by atoms with Gasteiger partial charge in [-0.25, -0.2) is 13.2 Å². The molecule has 156 valence electrons. The van der Waals surface area contributed by atoms with Gasteiger partial charge in [0, 0.05) is 24.3 Å². The van der Waals surface area contributed by atoms with Crippen LogP contribution in [0.2, 0.25) is 5.02 Å². The number of carbonyl (C=O) groups is 1. The maximum atomic E-state index is 14.3. The van der Waals surface area contributed by atoms with Gasteiger partial charge < -0.3 is 10.6 Å². The fourth-order valence-corrected chi connectivity index (χ4v) is 3.87. The van der Waals surface area contributed by atoms with Crippen molar-refractivity contribution in [3.05, 3.63) is 57.6 Å². The molecule has 29 heavy (non-hydrogen) atoms. The minimum Gasteiger partial charge on any atom is -0.383 e. The van der Waals surface area contributed by atoms with Crippen LogP contribution in [0.4, 0.5) is 18.9 Å². The number of rotatable bonds is 5. The van der Waals surface area contributed by atoms with E-state index in [4.69, 9.17) is 11.6 Å². The molecule has 1 aromatic heterocycles. The van der Waals surface area contributed by atoms with Crippen molar-refractivity contribution >= 4 is 23.2 Å². The van der Waals surface area contributed by atoms with Crippen LogP contribution in [0.1, 0.15) is 47.2 Å². The normalized spacial score (nSPS) is 19.1. The van der Waals surface area contributed by atoms with Crippen LogP contribution in [0, 0.1) is 37.2 Å². The Labute approximate surface area is 172 Å². The molecule has 1 heterocycles. The smallest absolute Gasteiger partial charge is 0.256 e. The second kappa shape index (κ2) is 9.03. The van der Waals surface area contributed by atoms with E-state index in [1.807, 2.05) is 13.0 Å². The summed E-state index contributed by atoms with van der Waals surface area (Å²) in [4.78, 5) is 16.6. The average molecular weight is 426 g/mol. The zero-order valence-electron chi connectivity index (χ0n) is 16.3. The second-order valence-corrected chi connectivity index (χ2v) is 7.90. The van der Waals surface area contributed by atoms with Gasteiger partial charge in [0.1, 0.15) is 5.82 Å². The highest BCUT2D eigenvalue weighted by molar-refractivity contribution is 6.34. The molecule has 1 saturated carbocycles. The first-order chi connectivity index (χ1) is 13.8. The van der Waals surface area contributed by atoms with Gasteiger partial charge in [-0.3, -0.25) is 9.78 Å². The summed E-state index contributed by atoms with van der Waals surface area (Å²) in [5, 5.41) is 5.29. The minimum atomic E-state index is -1.41. The molecular weight excluding hydrogens is 403 g/mol. The molecule has 0 bridgehead atoms. The summed E-state index contributed by atoms with van der Waals surface area (Å²) in [6.07, 6.45) is 6.73. The van der Waals surface area contributed by atoms with Gasteiger partial charge in [-0.05, 0) is 57.1 Å². The monoisotopic (exact) mass is 425 g/mol. The number of hydrogen-bond acceptors (Lipinski definition) is 3. The van der Waals surface area contributed by atoms with Crippen molar-refractivity contribution in [3.8, 4) is 0 Å². The highest BCUT2D eigenvalue weighted by Crippen LogP contribution is 2.30. The number of amides is 1. The average Bonchev–Trinajstić information content (AvgIpc) is 2.71. The van der Waals surface area contributed by atoms with Crippen molar-refractivity contribution in [2.45, 2.75) is 45.6 Å². The van der Waals surface area contributed by atoms with E-state index >= 15 is 0 Å². The lowest BCUT2D eigenvalue weighted by Gasteiger charge is -2.29. The molecule has 3 rings (SSSR count). The summed E-state index contributed by atoms with van der Waals surface area (Å²) in [7, 11) is 0. The predicted octanol–water partition coefficient (Wildman–Crippen LogP) is 5.17. The largest absolute Gasteiger partial charge is 0.383 e. The number of anilines is 1. The maximum Gasteiger partial charge on any atom is 0.256 e. The van der Waals surface area contributed by atoms with Crippen molar-refractivity contribution in [2.24, 2.45) is 5.92 Å². The van der Waals surface area contributed by atoms with Crippen LogP contribution in [0.3, 0.4) is 0 Å². The van der Waals surface area contributed by atoms with Crippen molar-refractivity contribution < 1.29 is 18.0 Å². The molecule has 8 heteroatoms. The van der Waals surface area contributed by atoms with Crippen LogP contribution >= 0.6 is 11.6 Å². The van der Waals surface area contributed by atoms with Gasteiger partial charge in [-0.1, -0.05) is 11.6 Å². The molecule has 2 N–H and O–H groups in total. The van der Waals surface area contributed by atoms with Gasteiger partial charge >= 0.3 is 0 Å². The van der Waals surface area contributed by atoms with Gasteiger partial charge in [-0.2, -0.15) is 0 Å². The number of halogens is 4. The molecule has 1 aliphatic carbocycles. The molecule has 0 atom stereocenters. The number of nitrogens with one attached hydrogen (secondary N) is 2. The summed E-state index contributed by atoms with van der Waals surface area (Å²) in [6.45, 7) is 3.89. The zero-order valence-corrected chi connectivity index (χ0v) is 17.0. The van der Waals surface area contributed by atoms with Crippen LogP contribution in [-0.2, 0) is 0 Å². The number of nitrogens with zero attached hydrogens (tertiary/aromatic N) is 1. The Morgan fingerprint density at radius 3 is 2.48 bits per heavy atom. The molecule has 1 amide bonds. The maximum absolute atomic E-state index is 14.3. The van der Waals surface area contributed by atoms with Crippen LogP contribution in [0.25, 0.3) is 0 Å². The third kappa shape index (κ3) is 4.66. The quantitative estimate of drug-likeness (QED) is 0.513. The van der Waals surface area contributed by atoms with E-state index in [-0.39, 0.29) is 6.04 Å². The predicted molar refractivity (Wildman–Crippen MR) is 107 cm³/mol. The first kappa shape index (κ1) is 21.4. The van der Waals surface area contributed by atoms with Crippen LogP contribution in [0.15, 0.2) is 18.5 Å². The molecule has 2 aromatic rings. The van der Waals surface area contributed by atoms with Crippen molar-refractivity contribution in [1.29, 1.82) is 0 Å².